The van der Waals surface area contributed by atoms with Crippen molar-refractivity contribution in [3.63, 3.8) is 0 Å². The minimum absolute atomic E-state index is 0.0457. The average Bonchev–Trinajstić information content (AvgIpc) is 2.70. The van der Waals surface area contributed by atoms with Crippen LogP contribution in [0.1, 0.15) is 106 Å². The predicted molar refractivity (Wildman–Crippen MR) is 153 cm³/mol. The van der Waals surface area contributed by atoms with Gasteiger partial charge in [-0.05, 0) is 110 Å². The molecule has 5 aliphatic carbocycles. The van der Waals surface area contributed by atoms with E-state index >= 15 is 0 Å². The van der Waals surface area contributed by atoms with Gasteiger partial charge in [0.05, 0.1) is 6.10 Å². The highest BCUT2D eigenvalue weighted by Gasteiger charge is 2.68. The molecule has 0 aliphatic heterocycles. The number of alkyl halides is 2. The molecule has 182 valence electrons. The molecular formula is C29H46I2O. The quantitative estimate of drug-likeness (QED) is 0.156. The van der Waals surface area contributed by atoms with E-state index in [2.05, 4.69) is 99.7 Å². The molecule has 0 aromatic heterocycles. The van der Waals surface area contributed by atoms with Crippen LogP contribution in [0, 0.1) is 44.8 Å². The smallest absolute Gasteiger partial charge is 0.0594 e. The largest absolute Gasteiger partial charge is 0.393 e. The van der Waals surface area contributed by atoms with Gasteiger partial charge in [0.2, 0.25) is 0 Å². The summed E-state index contributed by atoms with van der Waals surface area (Å²) in [5.74, 6) is 2.14. The molecule has 4 fully saturated rings. The highest BCUT2D eigenvalue weighted by Crippen LogP contribution is 2.76. The van der Waals surface area contributed by atoms with Crippen LogP contribution in [-0.2, 0) is 0 Å². The van der Waals surface area contributed by atoms with Crippen LogP contribution >= 0.6 is 45.2 Å². The molecule has 3 unspecified atom stereocenters. The third kappa shape index (κ3) is 3.00. The number of hydrogen-bond donors (Lipinski definition) is 1. The van der Waals surface area contributed by atoms with Crippen LogP contribution < -0.4 is 0 Å². The monoisotopic (exact) mass is 664 g/mol. The van der Waals surface area contributed by atoms with E-state index < -0.39 is 0 Å². The predicted octanol–water partition coefficient (Wildman–Crippen LogP) is 8.75. The van der Waals surface area contributed by atoms with Gasteiger partial charge in [-0.3, -0.25) is 0 Å². The van der Waals surface area contributed by atoms with Crippen molar-refractivity contribution in [2.75, 3.05) is 0 Å². The lowest BCUT2D eigenvalue weighted by Gasteiger charge is -2.71. The van der Waals surface area contributed by atoms with Gasteiger partial charge in [-0.15, -0.1) is 0 Å². The molecule has 0 aromatic carbocycles. The van der Waals surface area contributed by atoms with Gasteiger partial charge in [0.1, 0.15) is 0 Å². The van der Waals surface area contributed by atoms with E-state index in [0.717, 1.165) is 22.2 Å². The molecule has 0 bridgehead atoms. The number of aliphatic hydroxyl groups excluding tert-OH is 1. The standard InChI is InChI=1S/C29H46I2O/c1-24(2)19-10-13-28(6)20(26(19,4)12-11-21(24)32)9-8-18-22-23(30)29(7,31)17-15-25(22,3)14-16-27(18,28)5/h8,19-23,32H,9-17H2,1-7H3/t19?,20?,21-,22?,23+,25-,26-,27+,28+,29-/m0/s1. The van der Waals surface area contributed by atoms with Crippen molar-refractivity contribution >= 4 is 45.2 Å². The van der Waals surface area contributed by atoms with Crippen LogP contribution in [0.2, 0.25) is 0 Å². The van der Waals surface area contributed by atoms with Crippen molar-refractivity contribution in [1.82, 2.24) is 0 Å². The second kappa shape index (κ2) is 7.35. The molecule has 0 heterocycles. The normalized spacial score (nSPS) is 59.2. The van der Waals surface area contributed by atoms with E-state index in [1.54, 1.807) is 0 Å². The maximum Gasteiger partial charge on any atom is 0.0594 e. The minimum Gasteiger partial charge on any atom is -0.393 e. The number of allylic oxidation sites excluding steroid dienone is 2. The topological polar surface area (TPSA) is 20.2 Å². The van der Waals surface area contributed by atoms with Gasteiger partial charge in [0.15, 0.2) is 0 Å². The van der Waals surface area contributed by atoms with Crippen molar-refractivity contribution in [2.45, 2.75) is 120 Å². The lowest BCUT2D eigenvalue weighted by Crippen LogP contribution is -2.65. The van der Waals surface area contributed by atoms with Crippen LogP contribution in [0.4, 0.5) is 0 Å². The highest BCUT2D eigenvalue weighted by atomic mass is 127. The van der Waals surface area contributed by atoms with Gasteiger partial charge < -0.3 is 5.11 Å². The van der Waals surface area contributed by atoms with Crippen molar-refractivity contribution in [3.05, 3.63) is 11.6 Å². The zero-order valence-corrected chi connectivity index (χ0v) is 25.8. The van der Waals surface area contributed by atoms with Gasteiger partial charge in [-0.1, -0.05) is 98.4 Å². The molecule has 1 nitrogen and oxygen atoms in total. The molecule has 32 heavy (non-hydrogen) atoms. The van der Waals surface area contributed by atoms with Crippen molar-refractivity contribution < 1.29 is 5.11 Å². The Labute approximate surface area is 225 Å². The molecule has 5 rings (SSSR count). The fourth-order valence-electron chi connectivity index (χ4n) is 10.3. The van der Waals surface area contributed by atoms with E-state index in [9.17, 15) is 5.11 Å². The van der Waals surface area contributed by atoms with Crippen LogP contribution in [0.5, 0.6) is 0 Å². The van der Waals surface area contributed by atoms with E-state index in [-0.39, 0.29) is 11.5 Å². The number of aliphatic hydroxyl groups is 1. The van der Waals surface area contributed by atoms with Gasteiger partial charge in [0.25, 0.3) is 0 Å². The first kappa shape index (κ1) is 24.8. The summed E-state index contributed by atoms with van der Waals surface area (Å²) in [7, 11) is 0. The molecule has 1 N–H and O–H groups in total. The summed E-state index contributed by atoms with van der Waals surface area (Å²) in [4.78, 5) is 0. The molecule has 0 saturated heterocycles. The number of fused-ring (bicyclic) bond motifs is 7. The molecule has 0 spiro atoms. The molecule has 0 radical (unpaired) electrons. The Balaban J connectivity index is 1.60. The number of halogens is 2. The summed E-state index contributed by atoms with van der Waals surface area (Å²) >= 11 is 5.65. The molecule has 10 atom stereocenters. The Hall–Kier alpha value is 1.16. The summed E-state index contributed by atoms with van der Waals surface area (Å²) in [6.07, 6.45) is 14.3. The van der Waals surface area contributed by atoms with E-state index in [4.69, 9.17) is 0 Å². The van der Waals surface area contributed by atoms with Crippen LogP contribution in [-0.4, -0.2) is 18.6 Å². The summed E-state index contributed by atoms with van der Waals surface area (Å²) in [6.45, 7) is 17.9. The number of rotatable bonds is 0. The SMILES string of the molecule is CC1(C)C2CC[C@]3(C)C(CC=C4C5[C@@H](I)[C@@](C)(I)CC[C@]5(C)CC[C@]43C)[C@@]2(C)CC[C@@H]1O. The third-order valence-corrected chi connectivity index (χ3v) is 17.3. The molecule has 0 amide bonds. The zero-order valence-electron chi connectivity index (χ0n) is 21.5. The van der Waals surface area contributed by atoms with Gasteiger partial charge in [-0.2, -0.15) is 0 Å². The Morgan fingerprint density at radius 3 is 2.19 bits per heavy atom. The molecule has 3 heteroatoms. The molecule has 0 aromatic rings. The van der Waals surface area contributed by atoms with Gasteiger partial charge in [0, 0.05) is 7.35 Å². The Bertz CT molecular complexity index is 831. The van der Waals surface area contributed by atoms with Crippen molar-refractivity contribution in [2.24, 2.45) is 44.8 Å². The Kier molecular flexibility index (Phi) is 5.71. The summed E-state index contributed by atoms with van der Waals surface area (Å²) < 4.78 is 1.13. The summed E-state index contributed by atoms with van der Waals surface area (Å²) in [6, 6.07) is 0. The first-order chi connectivity index (χ1) is 14.6. The van der Waals surface area contributed by atoms with E-state index in [1.807, 2.05) is 5.57 Å². The van der Waals surface area contributed by atoms with Crippen LogP contribution in [0.15, 0.2) is 11.6 Å². The fraction of sp³-hybridized carbons (Fsp3) is 0.931. The molecule has 4 saturated carbocycles. The summed E-state index contributed by atoms with van der Waals surface area (Å²) in [5, 5.41) is 10.9. The Morgan fingerprint density at radius 2 is 1.50 bits per heavy atom. The Morgan fingerprint density at radius 1 is 0.844 bits per heavy atom. The van der Waals surface area contributed by atoms with Crippen LogP contribution in [0.25, 0.3) is 0 Å². The van der Waals surface area contributed by atoms with Crippen LogP contribution in [0.3, 0.4) is 0 Å². The lowest BCUT2D eigenvalue weighted by atomic mass is 9.34. The van der Waals surface area contributed by atoms with E-state index in [1.165, 1.54) is 51.4 Å². The maximum absolute atomic E-state index is 10.9. The second-order valence-electron chi connectivity index (χ2n) is 14.5. The molecular weight excluding hydrogens is 618 g/mol. The third-order valence-electron chi connectivity index (χ3n) is 12.8. The minimum atomic E-state index is -0.131. The zero-order chi connectivity index (χ0) is 23.5. The first-order valence-corrected chi connectivity index (χ1v) is 15.7. The molecule has 5 aliphatic rings. The lowest BCUT2D eigenvalue weighted by molar-refractivity contribution is -0.201. The average molecular weight is 664 g/mol. The number of hydrogen-bond acceptors (Lipinski definition) is 1. The van der Waals surface area contributed by atoms with Gasteiger partial charge in [-0.25, -0.2) is 0 Å². The first-order valence-electron chi connectivity index (χ1n) is 13.4. The second-order valence-corrected chi connectivity index (χ2v) is 18.3. The van der Waals surface area contributed by atoms with E-state index in [0.29, 0.717) is 31.0 Å². The summed E-state index contributed by atoms with van der Waals surface area (Å²) in [5.41, 5.74) is 3.48. The fourth-order valence-corrected chi connectivity index (χ4v) is 12.5. The maximum atomic E-state index is 10.9. The van der Waals surface area contributed by atoms with Crippen molar-refractivity contribution in [3.8, 4) is 0 Å². The van der Waals surface area contributed by atoms with Crippen molar-refractivity contribution in [1.29, 1.82) is 0 Å². The van der Waals surface area contributed by atoms with Gasteiger partial charge >= 0.3 is 0 Å². The highest BCUT2D eigenvalue weighted by molar-refractivity contribution is 14.1.